The third-order valence-electron chi connectivity index (χ3n) is 2.86. The summed E-state index contributed by atoms with van der Waals surface area (Å²) in [6, 6.07) is 8.88. The number of hydrogen-bond donors (Lipinski definition) is 0. The molecule has 0 radical (unpaired) electrons. The summed E-state index contributed by atoms with van der Waals surface area (Å²) < 4.78 is 0. The van der Waals surface area contributed by atoms with Crippen molar-refractivity contribution < 1.29 is 4.79 Å². The van der Waals surface area contributed by atoms with Crippen LogP contribution in [-0.4, -0.2) is 5.78 Å². The molecular weight excluding hydrogens is 250 g/mol. The van der Waals surface area contributed by atoms with Gasteiger partial charge in [0.1, 0.15) is 0 Å². The molecule has 4 heteroatoms. The molecule has 0 N–H and O–H groups in total. The molecule has 1 aliphatic carbocycles. The number of allylic oxidation sites excluding steroid dienone is 5. The van der Waals surface area contributed by atoms with Gasteiger partial charge in [-0.25, -0.2) is 0 Å². The van der Waals surface area contributed by atoms with Crippen molar-refractivity contribution in [2.24, 2.45) is 10.2 Å². The molecule has 0 aliphatic heterocycles. The van der Waals surface area contributed by atoms with Gasteiger partial charge in [0.2, 0.25) is 0 Å². The molecule has 20 heavy (non-hydrogen) atoms. The van der Waals surface area contributed by atoms with Crippen molar-refractivity contribution in [3.05, 3.63) is 64.9 Å². The van der Waals surface area contributed by atoms with E-state index in [0.29, 0.717) is 22.4 Å². The van der Waals surface area contributed by atoms with Crippen LogP contribution in [0.1, 0.15) is 19.4 Å². The van der Waals surface area contributed by atoms with E-state index in [0.717, 1.165) is 5.57 Å². The largest absolute Gasteiger partial charge is 0.289 e. The van der Waals surface area contributed by atoms with Gasteiger partial charge >= 0.3 is 0 Å². The Kier molecular flexibility index (Phi) is 4.02. The van der Waals surface area contributed by atoms with Gasteiger partial charge in [-0.15, -0.1) is 0 Å². The maximum absolute atomic E-state index is 11.6. The van der Waals surface area contributed by atoms with E-state index in [-0.39, 0.29) is 5.78 Å². The van der Waals surface area contributed by atoms with Gasteiger partial charge < -0.3 is 0 Å². The summed E-state index contributed by atoms with van der Waals surface area (Å²) in [5.41, 5.74) is 3.51. The highest BCUT2D eigenvalue weighted by Gasteiger charge is 2.12. The number of rotatable bonds is 2. The summed E-state index contributed by atoms with van der Waals surface area (Å²) in [6.07, 6.45) is 5.18. The lowest BCUT2D eigenvalue weighted by Crippen LogP contribution is -2.05. The van der Waals surface area contributed by atoms with Gasteiger partial charge in [0, 0.05) is 0 Å². The summed E-state index contributed by atoms with van der Waals surface area (Å²) in [7, 11) is 0. The first-order chi connectivity index (χ1) is 9.60. The average molecular weight is 263 g/mol. The summed E-state index contributed by atoms with van der Waals surface area (Å²) in [4.78, 5) is 11.6. The maximum Gasteiger partial charge on any atom is 0.184 e. The molecule has 1 aromatic rings. The van der Waals surface area contributed by atoms with Crippen molar-refractivity contribution in [3.63, 3.8) is 0 Å². The van der Waals surface area contributed by atoms with E-state index < -0.39 is 0 Å². The monoisotopic (exact) mass is 263 g/mol. The number of carbonyl (C=O) groups excluding carboxylic acids is 1. The van der Waals surface area contributed by atoms with Crippen LogP contribution in [0.5, 0.6) is 0 Å². The van der Waals surface area contributed by atoms with Gasteiger partial charge in [-0.3, -0.25) is 4.79 Å². The van der Waals surface area contributed by atoms with E-state index in [2.05, 4.69) is 10.2 Å². The Bertz CT molecular complexity index is 674. The van der Waals surface area contributed by atoms with Crippen LogP contribution in [-0.2, 0) is 4.79 Å². The quantitative estimate of drug-likeness (QED) is 0.757. The molecule has 0 saturated carbocycles. The second-order valence-electron chi connectivity index (χ2n) is 4.49. The molecule has 0 fully saturated rings. The van der Waals surface area contributed by atoms with Crippen LogP contribution in [0.25, 0.3) is 0 Å². The molecule has 98 valence electrons. The van der Waals surface area contributed by atoms with Crippen molar-refractivity contribution in [1.82, 2.24) is 0 Å². The van der Waals surface area contributed by atoms with E-state index in [1.807, 2.05) is 6.07 Å². The summed E-state index contributed by atoms with van der Waals surface area (Å²) in [5.74, 6) is 0.0613. The maximum atomic E-state index is 11.6. The van der Waals surface area contributed by atoms with E-state index in [1.165, 1.54) is 0 Å². The Hall–Kier alpha value is -2.80. The molecule has 2 rings (SSSR count). The minimum atomic E-state index is 0.0613. The third kappa shape index (κ3) is 3.15. The van der Waals surface area contributed by atoms with Crippen LogP contribution >= 0.6 is 0 Å². The van der Waals surface area contributed by atoms with Gasteiger partial charge in [0.05, 0.1) is 23.5 Å². The molecule has 1 aliphatic rings. The number of azo groups is 1. The average Bonchev–Trinajstić information content (AvgIpc) is 2.45. The Labute approximate surface area is 117 Å². The van der Waals surface area contributed by atoms with E-state index in [4.69, 9.17) is 5.26 Å². The first-order valence-electron chi connectivity index (χ1n) is 6.12. The van der Waals surface area contributed by atoms with Crippen molar-refractivity contribution in [1.29, 1.82) is 5.26 Å². The fraction of sp³-hybridized carbons (Fsp3) is 0.125. The number of benzene rings is 1. The highest BCUT2D eigenvalue weighted by Crippen LogP contribution is 2.19. The molecule has 0 atom stereocenters. The Balaban J connectivity index is 2.15. The van der Waals surface area contributed by atoms with Gasteiger partial charge in [-0.1, -0.05) is 0 Å². The number of carbonyl (C=O) groups is 1. The predicted octanol–water partition coefficient (Wildman–Crippen LogP) is 4.00. The normalized spacial score (nSPS) is 14.8. The van der Waals surface area contributed by atoms with Crippen molar-refractivity contribution in [3.8, 4) is 6.07 Å². The van der Waals surface area contributed by atoms with Gasteiger partial charge in [0.25, 0.3) is 0 Å². The zero-order valence-electron chi connectivity index (χ0n) is 11.3. The lowest BCUT2D eigenvalue weighted by Gasteiger charge is -2.07. The van der Waals surface area contributed by atoms with Gasteiger partial charge in [-0.2, -0.15) is 15.5 Å². The van der Waals surface area contributed by atoms with Gasteiger partial charge in [-0.05, 0) is 67.0 Å². The van der Waals surface area contributed by atoms with Crippen molar-refractivity contribution >= 4 is 11.5 Å². The minimum Gasteiger partial charge on any atom is -0.289 e. The number of nitrogens with zero attached hydrogens (tertiary/aromatic N) is 3. The number of ketones is 1. The van der Waals surface area contributed by atoms with Crippen LogP contribution in [0.2, 0.25) is 0 Å². The number of nitriles is 1. The van der Waals surface area contributed by atoms with Crippen LogP contribution in [0.4, 0.5) is 5.69 Å². The van der Waals surface area contributed by atoms with Gasteiger partial charge in [0.15, 0.2) is 5.78 Å². The second-order valence-corrected chi connectivity index (χ2v) is 4.49. The fourth-order valence-corrected chi connectivity index (χ4v) is 1.82. The topological polar surface area (TPSA) is 65.6 Å². The zero-order chi connectivity index (χ0) is 14.5. The first-order valence-corrected chi connectivity index (χ1v) is 6.12. The summed E-state index contributed by atoms with van der Waals surface area (Å²) in [5, 5.41) is 16.7. The SMILES string of the molecule is CC1=CC(=CN=Nc2ccc(C#N)cc2)C=C(C)C1=O. The van der Waals surface area contributed by atoms with Crippen molar-refractivity contribution in [2.45, 2.75) is 13.8 Å². The molecule has 0 aromatic heterocycles. The number of hydrogen-bond acceptors (Lipinski definition) is 4. The van der Waals surface area contributed by atoms with Crippen LogP contribution < -0.4 is 0 Å². The highest BCUT2D eigenvalue weighted by molar-refractivity contribution is 6.09. The molecule has 0 amide bonds. The van der Waals surface area contributed by atoms with E-state index >= 15 is 0 Å². The predicted molar refractivity (Wildman–Crippen MR) is 76.3 cm³/mol. The second kappa shape index (κ2) is 5.89. The molecule has 0 saturated heterocycles. The Morgan fingerprint density at radius 2 is 1.70 bits per heavy atom. The number of Topliss-reactive ketones (excluding diaryl/α,β-unsaturated/α-hetero) is 1. The first kappa shape index (κ1) is 13.6. The van der Waals surface area contributed by atoms with Crippen molar-refractivity contribution in [2.75, 3.05) is 0 Å². The zero-order valence-corrected chi connectivity index (χ0v) is 11.3. The molecular formula is C16H13N3O. The molecule has 1 aromatic carbocycles. The lowest BCUT2D eigenvalue weighted by molar-refractivity contribution is -0.112. The highest BCUT2D eigenvalue weighted by atomic mass is 16.1. The van der Waals surface area contributed by atoms with Crippen LogP contribution in [0.15, 0.2) is 69.6 Å². The molecule has 0 bridgehead atoms. The van der Waals surface area contributed by atoms with Crippen LogP contribution in [0, 0.1) is 11.3 Å². The fourth-order valence-electron chi connectivity index (χ4n) is 1.82. The van der Waals surface area contributed by atoms with Crippen LogP contribution in [0.3, 0.4) is 0 Å². The van der Waals surface area contributed by atoms with E-state index in [9.17, 15) is 4.79 Å². The summed E-state index contributed by atoms with van der Waals surface area (Å²) >= 11 is 0. The molecule has 4 nitrogen and oxygen atoms in total. The lowest BCUT2D eigenvalue weighted by atomic mass is 9.96. The molecule has 0 unspecified atom stereocenters. The third-order valence-corrected chi connectivity index (χ3v) is 2.86. The van der Waals surface area contributed by atoms with E-state index in [1.54, 1.807) is 56.5 Å². The standard InChI is InChI=1S/C16H13N3O/c1-11-7-14(8-12(2)16(11)20)10-18-19-15-5-3-13(9-17)4-6-15/h3-8,10H,1-2H3. The molecule has 0 heterocycles. The minimum absolute atomic E-state index is 0.0613. The molecule has 0 spiro atoms. The summed E-state index contributed by atoms with van der Waals surface area (Å²) in [6.45, 7) is 3.56. The smallest absolute Gasteiger partial charge is 0.184 e. The Morgan fingerprint density at radius 1 is 1.10 bits per heavy atom. The Morgan fingerprint density at radius 3 is 2.25 bits per heavy atom.